The number of hydrogen-bond donors (Lipinski definition) is 0. The summed E-state index contributed by atoms with van der Waals surface area (Å²) in [5.74, 6) is 0. The summed E-state index contributed by atoms with van der Waals surface area (Å²) in [6.07, 6.45) is 6.82. The van der Waals surface area contributed by atoms with E-state index in [0.29, 0.717) is 0 Å². The molecule has 0 atom stereocenters. The van der Waals surface area contributed by atoms with Crippen LogP contribution in [0.25, 0.3) is 0 Å². The van der Waals surface area contributed by atoms with Gasteiger partial charge < -0.3 is 4.90 Å². The van der Waals surface area contributed by atoms with Crippen LogP contribution in [0.15, 0.2) is 11.3 Å². The summed E-state index contributed by atoms with van der Waals surface area (Å²) in [5.41, 5.74) is 3.45. The summed E-state index contributed by atoms with van der Waals surface area (Å²) in [6, 6.07) is 0. The highest BCUT2D eigenvalue weighted by atomic mass is 15.2. The van der Waals surface area contributed by atoms with E-state index in [1.54, 1.807) is 11.3 Å². The van der Waals surface area contributed by atoms with E-state index in [2.05, 4.69) is 11.8 Å². The maximum atomic E-state index is 2.60. The molecule has 0 unspecified atom stereocenters. The standard InChI is InChI=1S/C10H17N/c1-2-9-5-3-7-11-8-4-6-10(9)11/h2-8H2,1H3. The van der Waals surface area contributed by atoms with Crippen molar-refractivity contribution >= 4 is 0 Å². The van der Waals surface area contributed by atoms with E-state index in [1.807, 2.05) is 0 Å². The van der Waals surface area contributed by atoms with Crippen molar-refractivity contribution in [2.24, 2.45) is 0 Å². The highest BCUT2D eigenvalue weighted by Crippen LogP contribution is 2.31. The first-order chi connectivity index (χ1) is 5.42. The molecule has 0 aromatic heterocycles. The van der Waals surface area contributed by atoms with E-state index in [1.165, 1.54) is 45.2 Å². The molecule has 0 spiro atoms. The second-order valence-electron chi connectivity index (χ2n) is 3.60. The molecule has 1 heteroatoms. The molecular formula is C10H17N. The molecule has 2 rings (SSSR count). The molecular weight excluding hydrogens is 134 g/mol. The van der Waals surface area contributed by atoms with Crippen LogP contribution in [-0.2, 0) is 0 Å². The lowest BCUT2D eigenvalue weighted by molar-refractivity contribution is 0.357. The Bertz CT molecular complexity index is 181. The van der Waals surface area contributed by atoms with E-state index in [-0.39, 0.29) is 0 Å². The Kier molecular flexibility index (Phi) is 1.89. The molecule has 2 aliphatic heterocycles. The molecule has 0 saturated carbocycles. The predicted molar refractivity (Wildman–Crippen MR) is 47.4 cm³/mol. The lowest BCUT2D eigenvalue weighted by Gasteiger charge is -2.27. The van der Waals surface area contributed by atoms with Gasteiger partial charge in [-0.2, -0.15) is 0 Å². The van der Waals surface area contributed by atoms with Crippen LogP contribution < -0.4 is 0 Å². The fourth-order valence-corrected chi connectivity index (χ4v) is 2.39. The molecule has 0 aromatic carbocycles. The molecule has 2 heterocycles. The van der Waals surface area contributed by atoms with E-state index in [9.17, 15) is 0 Å². The molecule has 1 fully saturated rings. The minimum Gasteiger partial charge on any atom is -0.375 e. The van der Waals surface area contributed by atoms with E-state index >= 15 is 0 Å². The van der Waals surface area contributed by atoms with E-state index < -0.39 is 0 Å². The Morgan fingerprint density at radius 3 is 2.64 bits per heavy atom. The zero-order chi connectivity index (χ0) is 7.68. The second kappa shape index (κ2) is 2.88. The van der Waals surface area contributed by atoms with Crippen LogP contribution in [0.4, 0.5) is 0 Å². The van der Waals surface area contributed by atoms with Gasteiger partial charge in [-0.1, -0.05) is 12.5 Å². The summed E-state index contributed by atoms with van der Waals surface area (Å²) in [5, 5.41) is 0. The topological polar surface area (TPSA) is 3.24 Å². The molecule has 0 amide bonds. The molecule has 0 aromatic rings. The van der Waals surface area contributed by atoms with Crippen LogP contribution in [0.5, 0.6) is 0 Å². The first kappa shape index (κ1) is 7.20. The Balaban J connectivity index is 2.23. The Morgan fingerprint density at radius 2 is 1.91 bits per heavy atom. The average molecular weight is 151 g/mol. The quantitative estimate of drug-likeness (QED) is 0.556. The van der Waals surface area contributed by atoms with Crippen LogP contribution in [0, 0.1) is 0 Å². The summed E-state index contributed by atoms with van der Waals surface area (Å²) < 4.78 is 0. The van der Waals surface area contributed by atoms with Gasteiger partial charge in [0.1, 0.15) is 0 Å². The summed E-state index contributed by atoms with van der Waals surface area (Å²) >= 11 is 0. The van der Waals surface area contributed by atoms with Crippen molar-refractivity contribution in [3.8, 4) is 0 Å². The van der Waals surface area contributed by atoms with Gasteiger partial charge in [-0.05, 0) is 32.1 Å². The zero-order valence-electron chi connectivity index (χ0n) is 7.40. The number of rotatable bonds is 1. The Labute approximate surface area is 69.1 Å². The molecule has 1 saturated heterocycles. The predicted octanol–water partition coefficient (Wildman–Crippen LogP) is 2.54. The van der Waals surface area contributed by atoms with Gasteiger partial charge >= 0.3 is 0 Å². The van der Waals surface area contributed by atoms with Gasteiger partial charge in [-0.3, -0.25) is 0 Å². The fraction of sp³-hybridized carbons (Fsp3) is 0.800. The highest BCUT2D eigenvalue weighted by Gasteiger charge is 2.22. The van der Waals surface area contributed by atoms with Crippen molar-refractivity contribution in [3.63, 3.8) is 0 Å². The van der Waals surface area contributed by atoms with E-state index in [4.69, 9.17) is 0 Å². The van der Waals surface area contributed by atoms with Gasteiger partial charge in [0.25, 0.3) is 0 Å². The Morgan fingerprint density at radius 1 is 1.18 bits per heavy atom. The normalized spacial score (nSPS) is 24.3. The van der Waals surface area contributed by atoms with Gasteiger partial charge in [0.05, 0.1) is 0 Å². The molecule has 0 N–H and O–H groups in total. The molecule has 2 aliphatic rings. The van der Waals surface area contributed by atoms with Crippen molar-refractivity contribution in [3.05, 3.63) is 11.3 Å². The lowest BCUT2D eigenvalue weighted by Crippen LogP contribution is -2.24. The summed E-state index contributed by atoms with van der Waals surface area (Å²) in [6.45, 7) is 4.96. The maximum absolute atomic E-state index is 2.60. The van der Waals surface area contributed by atoms with Crippen molar-refractivity contribution in [2.75, 3.05) is 13.1 Å². The molecule has 1 nitrogen and oxygen atoms in total. The molecule has 0 aliphatic carbocycles. The van der Waals surface area contributed by atoms with Crippen LogP contribution in [0.3, 0.4) is 0 Å². The lowest BCUT2D eigenvalue weighted by atomic mass is 10.0. The number of hydrogen-bond acceptors (Lipinski definition) is 1. The van der Waals surface area contributed by atoms with E-state index in [0.717, 1.165) is 0 Å². The Hall–Kier alpha value is -0.460. The van der Waals surface area contributed by atoms with Gasteiger partial charge in [0.15, 0.2) is 0 Å². The van der Waals surface area contributed by atoms with Gasteiger partial charge in [0.2, 0.25) is 0 Å². The summed E-state index contributed by atoms with van der Waals surface area (Å²) in [7, 11) is 0. The molecule has 62 valence electrons. The van der Waals surface area contributed by atoms with Crippen LogP contribution >= 0.6 is 0 Å². The third-order valence-electron chi connectivity index (χ3n) is 2.96. The average Bonchev–Trinajstić information content (AvgIpc) is 2.50. The fourth-order valence-electron chi connectivity index (χ4n) is 2.39. The van der Waals surface area contributed by atoms with Crippen molar-refractivity contribution < 1.29 is 0 Å². The van der Waals surface area contributed by atoms with Crippen molar-refractivity contribution in [1.82, 2.24) is 4.90 Å². The SMILES string of the molecule is CCC1=C2CCCN2CCC1. The summed E-state index contributed by atoms with van der Waals surface area (Å²) in [4.78, 5) is 2.60. The largest absolute Gasteiger partial charge is 0.375 e. The number of allylic oxidation sites excluding steroid dienone is 2. The van der Waals surface area contributed by atoms with Crippen LogP contribution in [-0.4, -0.2) is 18.0 Å². The van der Waals surface area contributed by atoms with Gasteiger partial charge in [0, 0.05) is 18.8 Å². The van der Waals surface area contributed by atoms with Crippen LogP contribution in [0.2, 0.25) is 0 Å². The smallest absolute Gasteiger partial charge is 0.0178 e. The van der Waals surface area contributed by atoms with Crippen molar-refractivity contribution in [1.29, 1.82) is 0 Å². The minimum atomic E-state index is 1.28. The van der Waals surface area contributed by atoms with Gasteiger partial charge in [-0.25, -0.2) is 0 Å². The molecule has 11 heavy (non-hydrogen) atoms. The first-order valence-corrected chi connectivity index (χ1v) is 4.87. The first-order valence-electron chi connectivity index (χ1n) is 4.87. The van der Waals surface area contributed by atoms with Crippen molar-refractivity contribution in [2.45, 2.75) is 39.0 Å². The third kappa shape index (κ3) is 1.17. The second-order valence-corrected chi connectivity index (χ2v) is 3.60. The monoisotopic (exact) mass is 151 g/mol. The maximum Gasteiger partial charge on any atom is 0.0178 e. The molecule has 0 bridgehead atoms. The minimum absolute atomic E-state index is 1.28. The third-order valence-corrected chi connectivity index (χ3v) is 2.96. The highest BCUT2D eigenvalue weighted by molar-refractivity contribution is 5.18. The van der Waals surface area contributed by atoms with Gasteiger partial charge in [-0.15, -0.1) is 0 Å². The zero-order valence-corrected chi connectivity index (χ0v) is 7.40. The number of fused-ring (bicyclic) bond motifs is 1. The van der Waals surface area contributed by atoms with Crippen LogP contribution in [0.1, 0.15) is 39.0 Å². The molecule has 0 radical (unpaired) electrons. The number of nitrogens with zero attached hydrogens (tertiary/aromatic N) is 1.